The molecule has 0 spiro atoms. The summed E-state index contributed by atoms with van der Waals surface area (Å²) >= 11 is 7.50. The number of aromatic nitrogens is 2. The van der Waals surface area contributed by atoms with Gasteiger partial charge in [0.25, 0.3) is 0 Å². The van der Waals surface area contributed by atoms with Crippen molar-refractivity contribution >= 4 is 44.9 Å². The molecule has 0 atom stereocenters. The highest BCUT2D eigenvalue weighted by molar-refractivity contribution is 7.20. The van der Waals surface area contributed by atoms with Gasteiger partial charge in [-0.05, 0) is 48.8 Å². The Morgan fingerprint density at radius 3 is 2.68 bits per heavy atom. The molecular formula is C18H24ClN3O2S. The molecule has 1 aliphatic rings. The predicted molar refractivity (Wildman–Crippen MR) is 103 cm³/mol. The van der Waals surface area contributed by atoms with Gasteiger partial charge in [-0.2, -0.15) is 4.98 Å². The Kier molecular flexibility index (Phi) is 5.49. The standard InChI is InChI=1S/C18H24ClN3O2S/c1-10(2)9-24-17(23)14-12(4)13-15(20-18(19)21-16(13)25-14)22-7-5-11(3)6-8-22/h10-11H,5-9H2,1-4H3. The van der Waals surface area contributed by atoms with E-state index in [1.165, 1.54) is 11.3 Å². The molecule has 1 fully saturated rings. The van der Waals surface area contributed by atoms with Crippen LogP contribution in [0, 0.1) is 18.8 Å². The monoisotopic (exact) mass is 381 g/mol. The molecule has 7 heteroatoms. The van der Waals surface area contributed by atoms with E-state index in [0.29, 0.717) is 17.4 Å². The largest absolute Gasteiger partial charge is 0.461 e. The van der Waals surface area contributed by atoms with E-state index in [0.717, 1.165) is 53.4 Å². The molecule has 0 aliphatic carbocycles. The number of ether oxygens (including phenoxy) is 1. The summed E-state index contributed by atoms with van der Waals surface area (Å²) in [6.45, 7) is 10.6. The molecule has 2 aromatic rings. The predicted octanol–water partition coefficient (Wildman–Crippen LogP) is 4.70. The Morgan fingerprint density at radius 1 is 1.36 bits per heavy atom. The molecule has 3 rings (SSSR count). The van der Waals surface area contributed by atoms with Gasteiger partial charge in [-0.3, -0.25) is 0 Å². The van der Waals surface area contributed by atoms with Crippen LogP contribution in [0.4, 0.5) is 5.82 Å². The van der Waals surface area contributed by atoms with Crippen LogP contribution in [0.25, 0.3) is 10.2 Å². The van der Waals surface area contributed by atoms with E-state index in [4.69, 9.17) is 16.3 Å². The van der Waals surface area contributed by atoms with Gasteiger partial charge >= 0.3 is 5.97 Å². The van der Waals surface area contributed by atoms with Gasteiger partial charge in [0, 0.05) is 13.1 Å². The highest BCUT2D eigenvalue weighted by Crippen LogP contribution is 2.37. The van der Waals surface area contributed by atoms with Crippen LogP contribution in [0.2, 0.25) is 5.28 Å². The van der Waals surface area contributed by atoms with Crippen molar-refractivity contribution in [3.05, 3.63) is 15.7 Å². The molecule has 0 unspecified atom stereocenters. The number of fused-ring (bicyclic) bond motifs is 1. The molecular weight excluding hydrogens is 358 g/mol. The second-order valence-electron chi connectivity index (χ2n) is 7.21. The van der Waals surface area contributed by atoms with Crippen molar-refractivity contribution in [1.82, 2.24) is 9.97 Å². The lowest BCUT2D eigenvalue weighted by Crippen LogP contribution is -2.33. The van der Waals surface area contributed by atoms with Gasteiger partial charge in [0.1, 0.15) is 15.5 Å². The molecule has 0 amide bonds. The summed E-state index contributed by atoms with van der Waals surface area (Å²) in [5.41, 5.74) is 0.888. The zero-order valence-corrected chi connectivity index (χ0v) is 16.7. The van der Waals surface area contributed by atoms with Crippen LogP contribution < -0.4 is 4.90 Å². The summed E-state index contributed by atoms with van der Waals surface area (Å²) in [6.07, 6.45) is 2.27. The van der Waals surface area contributed by atoms with Gasteiger partial charge in [0.05, 0.1) is 12.0 Å². The number of piperidine rings is 1. The average Bonchev–Trinajstić information content (AvgIpc) is 2.89. The van der Waals surface area contributed by atoms with Crippen molar-refractivity contribution in [3.8, 4) is 0 Å². The summed E-state index contributed by atoms with van der Waals surface area (Å²) in [5, 5.41) is 1.16. The maximum atomic E-state index is 12.4. The number of hydrogen-bond acceptors (Lipinski definition) is 6. The second kappa shape index (κ2) is 7.46. The number of thiophene rings is 1. The minimum Gasteiger partial charge on any atom is -0.461 e. The van der Waals surface area contributed by atoms with Crippen LogP contribution in [0.1, 0.15) is 48.8 Å². The third-order valence-corrected chi connectivity index (χ3v) is 5.89. The molecule has 0 N–H and O–H groups in total. The minimum absolute atomic E-state index is 0.226. The zero-order chi connectivity index (χ0) is 18.1. The lowest BCUT2D eigenvalue weighted by Gasteiger charge is -2.31. The first-order chi connectivity index (χ1) is 11.9. The van der Waals surface area contributed by atoms with E-state index < -0.39 is 0 Å². The molecule has 1 aliphatic heterocycles. The fourth-order valence-electron chi connectivity index (χ4n) is 3.04. The maximum Gasteiger partial charge on any atom is 0.348 e. The summed E-state index contributed by atoms with van der Waals surface area (Å²) in [6, 6.07) is 0. The van der Waals surface area contributed by atoms with E-state index in [9.17, 15) is 4.79 Å². The van der Waals surface area contributed by atoms with Crippen LogP contribution in [0.5, 0.6) is 0 Å². The molecule has 3 heterocycles. The summed E-state index contributed by atoms with van der Waals surface area (Å²) in [7, 11) is 0. The van der Waals surface area contributed by atoms with E-state index in [1.807, 2.05) is 20.8 Å². The highest BCUT2D eigenvalue weighted by Gasteiger charge is 2.25. The Labute approximate surface area is 157 Å². The van der Waals surface area contributed by atoms with Gasteiger partial charge in [-0.1, -0.05) is 20.8 Å². The first-order valence-electron chi connectivity index (χ1n) is 8.75. The molecule has 0 aromatic carbocycles. The summed E-state index contributed by atoms with van der Waals surface area (Å²) in [5.74, 6) is 1.59. The quantitative estimate of drug-likeness (QED) is 0.567. The number of carbonyl (C=O) groups excluding carboxylic acids is 1. The van der Waals surface area contributed by atoms with Gasteiger partial charge in [0.15, 0.2) is 0 Å². The number of carbonyl (C=O) groups is 1. The number of nitrogens with zero attached hydrogens (tertiary/aromatic N) is 3. The van der Waals surface area contributed by atoms with Crippen molar-refractivity contribution in [2.45, 2.75) is 40.5 Å². The number of anilines is 1. The van der Waals surface area contributed by atoms with E-state index >= 15 is 0 Å². The average molecular weight is 382 g/mol. The molecule has 1 saturated heterocycles. The zero-order valence-electron chi connectivity index (χ0n) is 15.1. The minimum atomic E-state index is -0.288. The van der Waals surface area contributed by atoms with Crippen LogP contribution >= 0.6 is 22.9 Å². The van der Waals surface area contributed by atoms with Gasteiger partial charge in [-0.15, -0.1) is 11.3 Å². The molecule has 0 radical (unpaired) electrons. The number of esters is 1. The molecule has 0 saturated carbocycles. The molecule has 2 aromatic heterocycles. The van der Waals surface area contributed by atoms with E-state index in [-0.39, 0.29) is 11.3 Å². The Balaban J connectivity index is 1.99. The van der Waals surface area contributed by atoms with Crippen molar-refractivity contribution in [3.63, 3.8) is 0 Å². The molecule has 136 valence electrons. The topological polar surface area (TPSA) is 55.3 Å². The first kappa shape index (κ1) is 18.4. The number of aryl methyl sites for hydroxylation is 1. The normalized spacial score (nSPS) is 16.0. The van der Waals surface area contributed by atoms with Gasteiger partial charge in [-0.25, -0.2) is 9.78 Å². The number of halogens is 1. The van der Waals surface area contributed by atoms with Crippen LogP contribution in [0.15, 0.2) is 0 Å². The summed E-state index contributed by atoms with van der Waals surface area (Å²) in [4.78, 5) is 24.9. The Morgan fingerprint density at radius 2 is 2.04 bits per heavy atom. The van der Waals surface area contributed by atoms with Gasteiger partial charge in [0.2, 0.25) is 5.28 Å². The van der Waals surface area contributed by atoms with Crippen molar-refractivity contribution in [2.24, 2.45) is 11.8 Å². The molecule has 0 bridgehead atoms. The fraction of sp³-hybridized carbons (Fsp3) is 0.611. The van der Waals surface area contributed by atoms with Crippen LogP contribution in [-0.4, -0.2) is 35.6 Å². The maximum absolute atomic E-state index is 12.4. The fourth-order valence-corrected chi connectivity index (χ4v) is 4.33. The Hall–Kier alpha value is -1.40. The van der Waals surface area contributed by atoms with Crippen LogP contribution in [0.3, 0.4) is 0 Å². The molecule has 25 heavy (non-hydrogen) atoms. The first-order valence-corrected chi connectivity index (χ1v) is 9.95. The van der Waals surface area contributed by atoms with Crippen LogP contribution in [-0.2, 0) is 4.74 Å². The highest BCUT2D eigenvalue weighted by atomic mass is 35.5. The SMILES string of the molecule is Cc1c(C(=O)OCC(C)C)sc2nc(Cl)nc(N3CCC(C)CC3)c12. The molecule has 5 nitrogen and oxygen atoms in total. The number of hydrogen-bond donors (Lipinski definition) is 0. The summed E-state index contributed by atoms with van der Waals surface area (Å²) < 4.78 is 5.41. The van der Waals surface area contributed by atoms with E-state index in [1.54, 1.807) is 0 Å². The van der Waals surface area contributed by atoms with Gasteiger partial charge < -0.3 is 9.64 Å². The van der Waals surface area contributed by atoms with Crippen molar-refractivity contribution < 1.29 is 9.53 Å². The van der Waals surface area contributed by atoms with Crippen molar-refractivity contribution in [1.29, 1.82) is 0 Å². The third kappa shape index (κ3) is 3.90. The number of rotatable bonds is 4. The van der Waals surface area contributed by atoms with E-state index in [2.05, 4.69) is 21.8 Å². The lowest BCUT2D eigenvalue weighted by atomic mass is 9.99. The van der Waals surface area contributed by atoms with Crippen molar-refractivity contribution in [2.75, 3.05) is 24.6 Å². The second-order valence-corrected chi connectivity index (χ2v) is 8.55. The Bertz CT molecular complexity index is 782. The smallest absolute Gasteiger partial charge is 0.348 e. The third-order valence-electron chi connectivity index (χ3n) is 4.56. The lowest BCUT2D eigenvalue weighted by molar-refractivity contribution is 0.0464.